The largest absolute Gasteiger partial charge is 0.257 e. The minimum Gasteiger partial charge on any atom is -0.257 e. The first-order valence-corrected chi connectivity index (χ1v) is 4.86. The molecule has 0 spiro atoms. The maximum atomic E-state index is 4.65. The third-order valence-electron chi connectivity index (χ3n) is 2.18. The molecular formula is C12H20NZr. The van der Waals surface area contributed by atoms with Gasteiger partial charge >= 0.3 is 0 Å². The number of rotatable bonds is 0. The monoisotopic (exact) mass is 268 g/mol. The Bertz CT molecular complexity index is 233. The minimum atomic E-state index is 0. The molecule has 0 aromatic heterocycles. The van der Waals surface area contributed by atoms with E-state index < -0.39 is 0 Å². The predicted octanol–water partition coefficient (Wildman–Crippen LogP) is 3.46. The van der Waals surface area contributed by atoms with Gasteiger partial charge in [0.2, 0.25) is 0 Å². The summed E-state index contributed by atoms with van der Waals surface area (Å²) in [6.07, 6.45) is 4.28. The Morgan fingerprint density at radius 3 is 1.21 bits per heavy atom. The molecule has 1 radical (unpaired) electrons. The molecule has 0 aromatic rings. The second-order valence-corrected chi connectivity index (χ2v) is 5.72. The third-order valence-corrected chi connectivity index (χ3v) is 2.18. The fourth-order valence-corrected chi connectivity index (χ4v) is 1.20. The summed E-state index contributed by atoms with van der Waals surface area (Å²) in [5.74, 6) is 0. The Kier molecular flexibility index (Phi) is 4.40. The molecule has 0 saturated carbocycles. The van der Waals surface area contributed by atoms with Crippen molar-refractivity contribution in [2.45, 2.75) is 41.5 Å². The molecule has 0 saturated heterocycles. The summed E-state index contributed by atoms with van der Waals surface area (Å²) in [6.45, 7) is 13.2. The molecule has 0 aromatic carbocycles. The van der Waals surface area contributed by atoms with Gasteiger partial charge in [0.15, 0.2) is 0 Å². The molecule has 1 heterocycles. The van der Waals surface area contributed by atoms with Crippen molar-refractivity contribution >= 4 is 0 Å². The van der Waals surface area contributed by atoms with Crippen LogP contribution in [-0.4, -0.2) is 0 Å². The van der Waals surface area contributed by atoms with Crippen LogP contribution in [0, 0.1) is 10.8 Å². The fourth-order valence-electron chi connectivity index (χ4n) is 1.20. The summed E-state index contributed by atoms with van der Waals surface area (Å²) in [6, 6.07) is 0. The molecular weight excluding hydrogens is 249 g/mol. The van der Waals surface area contributed by atoms with Gasteiger partial charge in [0.05, 0.1) is 0 Å². The first kappa shape index (κ1) is 14.2. The molecule has 1 aliphatic rings. The fraction of sp³-hybridized carbons (Fsp3) is 0.667. The Morgan fingerprint density at radius 2 is 1.07 bits per heavy atom. The Morgan fingerprint density at radius 1 is 0.786 bits per heavy atom. The molecule has 0 fully saturated rings. The first-order chi connectivity index (χ1) is 5.71. The van der Waals surface area contributed by atoms with Gasteiger partial charge in [-0.2, -0.15) is 0 Å². The predicted molar refractivity (Wildman–Crippen MR) is 57.2 cm³/mol. The molecule has 0 bridgehead atoms. The van der Waals surface area contributed by atoms with Crippen LogP contribution in [0.15, 0.2) is 23.5 Å². The van der Waals surface area contributed by atoms with E-state index in [0.717, 1.165) is 0 Å². The van der Waals surface area contributed by atoms with Gasteiger partial charge < -0.3 is 0 Å². The van der Waals surface area contributed by atoms with Crippen LogP contribution in [0.3, 0.4) is 0 Å². The van der Waals surface area contributed by atoms with Gasteiger partial charge in [-0.3, -0.25) is 5.32 Å². The van der Waals surface area contributed by atoms with E-state index in [1.165, 1.54) is 11.4 Å². The SMILES string of the molecule is CC(C)(C)C1=CC=C(C(C)(C)C)[N]1.[Zr]. The first-order valence-electron chi connectivity index (χ1n) is 4.86. The number of hydrogen-bond donors (Lipinski definition) is 0. The van der Waals surface area contributed by atoms with Crippen LogP contribution in [0.2, 0.25) is 0 Å². The van der Waals surface area contributed by atoms with Gasteiger partial charge in [-0.05, 0) is 12.2 Å². The zero-order chi connectivity index (χ0) is 10.3. The van der Waals surface area contributed by atoms with Gasteiger partial charge in [-0.15, -0.1) is 0 Å². The number of nitrogens with zero attached hydrogens (tertiary/aromatic N) is 1. The summed E-state index contributed by atoms with van der Waals surface area (Å²) in [7, 11) is 0. The maximum Gasteiger partial charge on any atom is 0.0461 e. The van der Waals surface area contributed by atoms with E-state index in [1.807, 2.05) is 0 Å². The molecule has 2 heteroatoms. The summed E-state index contributed by atoms with van der Waals surface area (Å²) in [5, 5.41) is 4.65. The van der Waals surface area contributed by atoms with Gasteiger partial charge in [-0.1, -0.05) is 41.5 Å². The molecule has 0 N–H and O–H groups in total. The Labute approximate surface area is 107 Å². The summed E-state index contributed by atoms with van der Waals surface area (Å²) in [5.41, 5.74) is 2.72. The van der Waals surface area contributed by atoms with Gasteiger partial charge in [0.1, 0.15) is 0 Å². The van der Waals surface area contributed by atoms with Crippen LogP contribution >= 0.6 is 0 Å². The van der Waals surface area contributed by atoms with Crippen LogP contribution < -0.4 is 5.32 Å². The molecule has 77 valence electrons. The molecule has 0 unspecified atom stereocenters. The van der Waals surface area contributed by atoms with E-state index in [1.54, 1.807) is 0 Å². The van der Waals surface area contributed by atoms with Crippen molar-refractivity contribution < 1.29 is 26.2 Å². The molecule has 1 nitrogen and oxygen atoms in total. The second kappa shape index (κ2) is 4.35. The molecule has 0 amide bonds. The van der Waals surface area contributed by atoms with Crippen molar-refractivity contribution in [3.63, 3.8) is 0 Å². The Hall–Kier alpha value is 0.163. The average molecular weight is 270 g/mol. The van der Waals surface area contributed by atoms with E-state index in [0.29, 0.717) is 0 Å². The average Bonchev–Trinajstić information content (AvgIpc) is 2.28. The van der Waals surface area contributed by atoms with E-state index >= 15 is 0 Å². The van der Waals surface area contributed by atoms with Gasteiger partial charge in [0, 0.05) is 48.4 Å². The van der Waals surface area contributed by atoms with E-state index in [2.05, 4.69) is 59.0 Å². The van der Waals surface area contributed by atoms with Crippen molar-refractivity contribution in [1.82, 2.24) is 5.32 Å². The molecule has 1 aliphatic heterocycles. The van der Waals surface area contributed by atoms with Gasteiger partial charge in [-0.25, -0.2) is 0 Å². The maximum absolute atomic E-state index is 4.65. The Balaban J connectivity index is 0.00000169. The van der Waals surface area contributed by atoms with Crippen LogP contribution in [0.5, 0.6) is 0 Å². The summed E-state index contributed by atoms with van der Waals surface area (Å²) < 4.78 is 0. The number of hydrogen-bond acceptors (Lipinski definition) is 0. The molecule has 0 atom stereocenters. The zero-order valence-electron chi connectivity index (χ0n) is 10.1. The molecule has 0 aliphatic carbocycles. The normalized spacial score (nSPS) is 16.7. The van der Waals surface area contributed by atoms with Crippen molar-refractivity contribution in [2.75, 3.05) is 0 Å². The smallest absolute Gasteiger partial charge is 0.0461 e. The van der Waals surface area contributed by atoms with E-state index in [9.17, 15) is 0 Å². The van der Waals surface area contributed by atoms with Crippen molar-refractivity contribution in [1.29, 1.82) is 0 Å². The van der Waals surface area contributed by atoms with E-state index in [-0.39, 0.29) is 37.0 Å². The topological polar surface area (TPSA) is 14.1 Å². The molecule has 14 heavy (non-hydrogen) atoms. The minimum absolute atomic E-state index is 0. The van der Waals surface area contributed by atoms with Gasteiger partial charge in [0.25, 0.3) is 0 Å². The van der Waals surface area contributed by atoms with Crippen LogP contribution in [0.4, 0.5) is 0 Å². The quantitative estimate of drug-likeness (QED) is 0.639. The van der Waals surface area contributed by atoms with Crippen LogP contribution in [-0.2, 0) is 26.2 Å². The standard InChI is InChI=1S/C12H20N.Zr/c1-11(2,3)9-7-8-10(13-9)12(4,5)6;/h7-8H,1-6H3;. The van der Waals surface area contributed by atoms with Crippen molar-refractivity contribution in [2.24, 2.45) is 10.8 Å². The van der Waals surface area contributed by atoms with E-state index in [4.69, 9.17) is 0 Å². The van der Waals surface area contributed by atoms with Crippen molar-refractivity contribution in [3.05, 3.63) is 23.5 Å². The third kappa shape index (κ3) is 3.38. The van der Waals surface area contributed by atoms with Crippen molar-refractivity contribution in [3.8, 4) is 0 Å². The number of allylic oxidation sites excluding steroid dienone is 4. The zero-order valence-corrected chi connectivity index (χ0v) is 12.6. The van der Waals surface area contributed by atoms with Crippen LogP contribution in [0.1, 0.15) is 41.5 Å². The van der Waals surface area contributed by atoms with Crippen LogP contribution in [0.25, 0.3) is 0 Å². The molecule has 1 rings (SSSR count). The summed E-state index contributed by atoms with van der Waals surface area (Å²) in [4.78, 5) is 0. The second-order valence-electron chi connectivity index (χ2n) is 5.72. The summed E-state index contributed by atoms with van der Waals surface area (Å²) >= 11 is 0.